The maximum Gasteiger partial charge on any atom is 0.209 e. The number of piperidine rings is 1. The van der Waals surface area contributed by atoms with Gasteiger partial charge < -0.3 is 14.4 Å². The molecule has 1 aromatic carbocycles. The molecule has 0 radical (unpaired) electrons. The highest BCUT2D eigenvalue weighted by molar-refractivity contribution is 5.47. The number of carbonyl (C=O) groups is 1. The molecule has 1 unspecified atom stereocenters. The van der Waals surface area contributed by atoms with Crippen molar-refractivity contribution in [3.8, 4) is 5.75 Å². The second-order valence-electron chi connectivity index (χ2n) is 4.98. The number of nitrogens with zero attached hydrogens (tertiary/aromatic N) is 1. The van der Waals surface area contributed by atoms with Gasteiger partial charge in [-0.15, -0.1) is 0 Å². The van der Waals surface area contributed by atoms with Gasteiger partial charge in [0.2, 0.25) is 6.41 Å². The van der Waals surface area contributed by atoms with Crippen molar-refractivity contribution >= 4 is 6.41 Å². The first-order valence-corrected chi connectivity index (χ1v) is 6.28. The van der Waals surface area contributed by atoms with E-state index in [-0.39, 0.29) is 11.7 Å². The van der Waals surface area contributed by atoms with Crippen LogP contribution in [0.3, 0.4) is 0 Å². The summed E-state index contributed by atoms with van der Waals surface area (Å²) < 4.78 is 11.1. The van der Waals surface area contributed by atoms with Gasteiger partial charge in [-0.3, -0.25) is 4.79 Å². The van der Waals surface area contributed by atoms with Crippen molar-refractivity contribution in [3.63, 3.8) is 0 Å². The van der Waals surface area contributed by atoms with E-state index in [4.69, 9.17) is 9.47 Å². The summed E-state index contributed by atoms with van der Waals surface area (Å²) in [5.74, 6) is 0.865. The third kappa shape index (κ3) is 1.86. The number of amides is 1. The summed E-state index contributed by atoms with van der Waals surface area (Å²) in [4.78, 5) is 12.5. The Morgan fingerprint density at radius 3 is 2.56 bits per heavy atom. The Labute approximate surface area is 106 Å². The number of hydrogen-bond donors (Lipinski definition) is 0. The molecule has 0 aromatic heterocycles. The summed E-state index contributed by atoms with van der Waals surface area (Å²) >= 11 is 0. The fraction of sp³-hybridized carbons (Fsp3) is 0.500. The quantitative estimate of drug-likeness (QED) is 0.603. The van der Waals surface area contributed by atoms with Gasteiger partial charge in [0, 0.05) is 13.1 Å². The molecule has 96 valence electrons. The Morgan fingerprint density at radius 1 is 1.33 bits per heavy atom. The van der Waals surface area contributed by atoms with Crippen LogP contribution in [0.25, 0.3) is 0 Å². The van der Waals surface area contributed by atoms with Crippen LogP contribution in [0.4, 0.5) is 0 Å². The SMILES string of the molecule is COc1ccc(C2OC23CCN(C=O)CC3)cc1. The second-order valence-corrected chi connectivity index (χ2v) is 4.98. The zero-order valence-electron chi connectivity index (χ0n) is 10.5. The van der Waals surface area contributed by atoms with Crippen molar-refractivity contribution in [2.45, 2.75) is 24.5 Å². The Hall–Kier alpha value is -1.55. The van der Waals surface area contributed by atoms with E-state index in [2.05, 4.69) is 12.1 Å². The molecule has 4 nitrogen and oxygen atoms in total. The van der Waals surface area contributed by atoms with Gasteiger partial charge in [-0.1, -0.05) is 12.1 Å². The molecule has 2 fully saturated rings. The van der Waals surface area contributed by atoms with E-state index in [9.17, 15) is 4.79 Å². The molecule has 2 aliphatic heterocycles. The minimum Gasteiger partial charge on any atom is -0.497 e. The van der Waals surface area contributed by atoms with Gasteiger partial charge in [0.1, 0.15) is 17.5 Å². The van der Waals surface area contributed by atoms with Crippen LogP contribution in [0, 0.1) is 0 Å². The predicted molar refractivity (Wildman–Crippen MR) is 66.4 cm³/mol. The molecular formula is C14H17NO3. The molecule has 2 saturated heterocycles. The average Bonchev–Trinajstić information content (AvgIpc) is 3.14. The largest absolute Gasteiger partial charge is 0.497 e. The maximum atomic E-state index is 10.7. The molecule has 1 atom stereocenters. The van der Waals surface area contributed by atoms with Gasteiger partial charge >= 0.3 is 0 Å². The van der Waals surface area contributed by atoms with Crippen molar-refractivity contribution in [1.29, 1.82) is 0 Å². The smallest absolute Gasteiger partial charge is 0.209 e. The fourth-order valence-electron chi connectivity index (χ4n) is 2.74. The van der Waals surface area contributed by atoms with Gasteiger partial charge in [-0.2, -0.15) is 0 Å². The Bertz CT molecular complexity index is 435. The van der Waals surface area contributed by atoms with Crippen LogP contribution in [-0.4, -0.2) is 37.1 Å². The zero-order chi connectivity index (χ0) is 12.6. The van der Waals surface area contributed by atoms with E-state index >= 15 is 0 Å². The van der Waals surface area contributed by atoms with Crippen LogP contribution >= 0.6 is 0 Å². The number of ether oxygens (including phenoxy) is 2. The Morgan fingerprint density at radius 2 is 2.00 bits per heavy atom. The van der Waals surface area contributed by atoms with Gasteiger partial charge in [0.25, 0.3) is 0 Å². The lowest BCUT2D eigenvalue weighted by atomic mass is 9.90. The molecule has 18 heavy (non-hydrogen) atoms. The lowest BCUT2D eigenvalue weighted by molar-refractivity contribution is -0.119. The molecule has 0 N–H and O–H groups in total. The summed E-state index contributed by atoms with van der Waals surface area (Å²) in [7, 11) is 1.67. The van der Waals surface area contributed by atoms with E-state index in [0.29, 0.717) is 0 Å². The molecule has 0 saturated carbocycles. The third-order valence-corrected chi connectivity index (χ3v) is 3.99. The molecular weight excluding hydrogens is 230 g/mol. The summed E-state index contributed by atoms with van der Waals surface area (Å²) in [6, 6.07) is 8.05. The first-order valence-electron chi connectivity index (χ1n) is 6.28. The molecule has 2 aliphatic rings. The van der Waals surface area contributed by atoms with Crippen LogP contribution < -0.4 is 4.74 Å². The average molecular weight is 247 g/mol. The van der Waals surface area contributed by atoms with E-state index in [1.807, 2.05) is 17.0 Å². The van der Waals surface area contributed by atoms with Crippen molar-refractivity contribution < 1.29 is 14.3 Å². The number of benzene rings is 1. The fourth-order valence-corrected chi connectivity index (χ4v) is 2.74. The second kappa shape index (κ2) is 4.28. The van der Waals surface area contributed by atoms with Gasteiger partial charge in [-0.25, -0.2) is 0 Å². The van der Waals surface area contributed by atoms with Crippen molar-refractivity contribution in [1.82, 2.24) is 4.90 Å². The van der Waals surface area contributed by atoms with Crippen LogP contribution in [0.2, 0.25) is 0 Å². The van der Waals surface area contributed by atoms with E-state index in [1.54, 1.807) is 7.11 Å². The minimum atomic E-state index is -0.0197. The first kappa shape index (κ1) is 11.5. The predicted octanol–water partition coefficient (Wildman–Crippen LogP) is 1.76. The molecule has 1 spiro atoms. The van der Waals surface area contributed by atoms with Crippen molar-refractivity contribution in [2.75, 3.05) is 20.2 Å². The first-order chi connectivity index (χ1) is 8.77. The number of carbonyl (C=O) groups excluding carboxylic acids is 1. The number of methoxy groups -OCH3 is 1. The van der Waals surface area contributed by atoms with Gasteiger partial charge in [-0.05, 0) is 30.5 Å². The summed E-state index contributed by atoms with van der Waals surface area (Å²) in [6.45, 7) is 1.60. The molecule has 0 aliphatic carbocycles. The number of likely N-dealkylation sites (tertiary alicyclic amines) is 1. The number of epoxide rings is 1. The maximum absolute atomic E-state index is 10.7. The molecule has 3 rings (SSSR count). The van der Waals surface area contributed by atoms with E-state index < -0.39 is 0 Å². The molecule has 1 amide bonds. The highest BCUT2D eigenvalue weighted by Crippen LogP contribution is 2.55. The lowest BCUT2D eigenvalue weighted by Gasteiger charge is -2.27. The molecule has 0 bridgehead atoms. The lowest BCUT2D eigenvalue weighted by Crippen LogP contribution is -2.37. The Kier molecular flexibility index (Phi) is 2.74. The molecule has 4 heteroatoms. The zero-order valence-corrected chi connectivity index (χ0v) is 10.5. The number of rotatable bonds is 3. The highest BCUT2D eigenvalue weighted by Gasteiger charge is 2.57. The standard InChI is InChI=1S/C14H17NO3/c1-17-12-4-2-11(3-5-12)13-14(18-13)6-8-15(10-16)9-7-14/h2-5,10,13H,6-9H2,1H3. The molecule has 2 heterocycles. The van der Waals surface area contributed by atoms with Crippen molar-refractivity contribution in [3.05, 3.63) is 29.8 Å². The van der Waals surface area contributed by atoms with Gasteiger partial charge in [0.05, 0.1) is 7.11 Å². The van der Waals surface area contributed by atoms with Crippen LogP contribution in [-0.2, 0) is 9.53 Å². The Balaban J connectivity index is 1.67. The van der Waals surface area contributed by atoms with Crippen LogP contribution in [0.5, 0.6) is 5.75 Å². The van der Waals surface area contributed by atoms with E-state index in [1.165, 1.54) is 5.56 Å². The van der Waals surface area contributed by atoms with E-state index in [0.717, 1.165) is 38.1 Å². The summed E-state index contributed by atoms with van der Waals surface area (Å²) in [6.07, 6.45) is 2.99. The molecule has 1 aromatic rings. The summed E-state index contributed by atoms with van der Waals surface area (Å²) in [5, 5.41) is 0. The summed E-state index contributed by atoms with van der Waals surface area (Å²) in [5.41, 5.74) is 1.18. The van der Waals surface area contributed by atoms with Crippen LogP contribution in [0.1, 0.15) is 24.5 Å². The topological polar surface area (TPSA) is 42.1 Å². The highest BCUT2D eigenvalue weighted by atomic mass is 16.6. The normalized spacial score (nSPS) is 24.9. The van der Waals surface area contributed by atoms with Crippen LogP contribution in [0.15, 0.2) is 24.3 Å². The van der Waals surface area contributed by atoms with Gasteiger partial charge in [0.15, 0.2) is 0 Å². The third-order valence-electron chi connectivity index (χ3n) is 3.99. The van der Waals surface area contributed by atoms with Crippen molar-refractivity contribution in [2.24, 2.45) is 0 Å². The number of hydrogen-bond acceptors (Lipinski definition) is 3. The monoisotopic (exact) mass is 247 g/mol. The minimum absolute atomic E-state index is 0.0197.